The van der Waals surface area contributed by atoms with E-state index in [1.807, 2.05) is 30.3 Å². The number of carbonyl (C=O) groups excluding carboxylic acids is 1. The minimum Gasteiger partial charge on any atom is -0.477 e. The summed E-state index contributed by atoms with van der Waals surface area (Å²) >= 11 is 1.07. The molecular weight excluding hydrogens is 288 g/mol. The highest BCUT2D eigenvalue weighted by molar-refractivity contribution is 7.13. The van der Waals surface area contributed by atoms with Crippen LogP contribution in [0.15, 0.2) is 36.4 Å². The zero-order valence-corrected chi connectivity index (χ0v) is 12.2. The van der Waals surface area contributed by atoms with E-state index in [4.69, 9.17) is 5.11 Å². The lowest BCUT2D eigenvalue weighted by Crippen LogP contribution is -2.20. The fourth-order valence-corrected chi connectivity index (χ4v) is 2.53. The minimum atomic E-state index is -0.994. The van der Waals surface area contributed by atoms with E-state index in [0.29, 0.717) is 10.7 Å². The van der Waals surface area contributed by atoms with Crippen molar-refractivity contribution in [2.24, 2.45) is 0 Å². The van der Waals surface area contributed by atoms with Crippen LogP contribution in [0, 0.1) is 6.92 Å². The number of rotatable bonds is 5. The first-order chi connectivity index (χ1) is 10.1. The van der Waals surface area contributed by atoms with E-state index < -0.39 is 5.97 Å². The Morgan fingerprint density at radius 2 is 2.05 bits per heavy atom. The molecule has 2 rings (SSSR count). The maximum Gasteiger partial charge on any atom is 0.347 e. The maximum atomic E-state index is 11.7. The van der Waals surface area contributed by atoms with E-state index in [-0.39, 0.29) is 17.3 Å². The topological polar surface area (TPSA) is 79.3 Å². The second-order valence-electron chi connectivity index (χ2n) is 4.29. The van der Waals surface area contributed by atoms with Gasteiger partial charge in [0, 0.05) is 6.08 Å². The molecule has 0 fully saturated rings. The number of hydrogen-bond donors (Lipinski definition) is 2. The molecule has 0 saturated carbocycles. The van der Waals surface area contributed by atoms with E-state index in [0.717, 1.165) is 16.9 Å². The first-order valence-corrected chi connectivity index (χ1v) is 7.08. The Balaban J connectivity index is 1.91. The van der Waals surface area contributed by atoms with Crippen LogP contribution in [0.2, 0.25) is 0 Å². The summed E-state index contributed by atoms with van der Waals surface area (Å²) in [5.74, 6) is -1.24. The van der Waals surface area contributed by atoms with Gasteiger partial charge < -0.3 is 10.4 Å². The SMILES string of the molecule is Cc1nc(CNC(=O)C=Cc2ccccc2)sc1C(=O)O. The van der Waals surface area contributed by atoms with Crippen molar-refractivity contribution in [2.75, 3.05) is 0 Å². The summed E-state index contributed by atoms with van der Waals surface area (Å²) in [4.78, 5) is 26.9. The van der Waals surface area contributed by atoms with Crippen LogP contribution in [-0.2, 0) is 11.3 Å². The predicted molar refractivity (Wildman–Crippen MR) is 81.1 cm³/mol. The maximum absolute atomic E-state index is 11.7. The third-order valence-electron chi connectivity index (χ3n) is 2.68. The molecule has 1 amide bonds. The Hall–Kier alpha value is -2.47. The van der Waals surface area contributed by atoms with Crippen LogP contribution >= 0.6 is 11.3 Å². The van der Waals surface area contributed by atoms with Gasteiger partial charge in [-0.05, 0) is 18.6 Å². The number of amides is 1. The van der Waals surface area contributed by atoms with Crippen molar-refractivity contribution >= 4 is 29.3 Å². The van der Waals surface area contributed by atoms with Crippen LogP contribution in [0.5, 0.6) is 0 Å². The van der Waals surface area contributed by atoms with E-state index in [9.17, 15) is 9.59 Å². The van der Waals surface area contributed by atoms with Crippen molar-refractivity contribution in [3.63, 3.8) is 0 Å². The number of nitrogens with one attached hydrogen (secondary N) is 1. The Morgan fingerprint density at radius 1 is 1.33 bits per heavy atom. The van der Waals surface area contributed by atoms with Gasteiger partial charge in [-0.25, -0.2) is 9.78 Å². The molecule has 108 valence electrons. The fraction of sp³-hybridized carbons (Fsp3) is 0.133. The first kappa shape index (κ1) is 14.9. The van der Waals surface area contributed by atoms with Gasteiger partial charge in [-0.1, -0.05) is 30.3 Å². The van der Waals surface area contributed by atoms with E-state index in [2.05, 4.69) is 10.3 Å². The summed E-state index contributed by atoms with van der Waals surface area (Å²) in [6.07, 6.45) is 3.15. The molecule has 0 spiro atoms. The number of carboxylic acids is 1. The van der Waals surface area contributed by atoms with Crippen molar-refractivity contribution < 1.29 is 14.7 Å². The highest BCUT2D eigenvalue weighted by Gasteiger charge is 2.13. The number of hydrogen-bond acceptors (Lipinski definition) is 4. The molecule has 2 N–H and O–H groups in total. The van der Waals surface area contributed by atoms with Gasteiger partial charge >= 0.3 is 5.97 Å². The molecular formula is C15H14N2O3S. The van der Waals surface area contributed by atoms with Crippen LogP contribution < -0.4 is 5.32 Å². The number of aromatic carboxylic acids is 1. The lowest BCUT2D eigenvalue weighted by atomic mass is 10.2. The fourth-order valence-electron chi connectivity index (χ4n) is 1.68. The van der Waals surface area contributed by atoms with Crippen molar-refractivity contribution in [3.8, 4) is 0 Å². The Kier molecular flexibility index (Phi) is 4.84. The summed E-state index contributed by atoms with van der Waals surface area (Å²) in [5, 5.41) is 12.2. The predicted octanol–water partition coefficient (Wildman–Crippen LogP) is 2.48. The summed E-state index contributed by atoms with van der Waals surface area (Å²) in [5.41, 5.74) is 1.41. The zero-order valence-electron chi connectivity index (χ0n) is 11.4. The lowest BCUT2D eigenvalue weighted by molar-refractivity contribution is -0.116. The molecule has 1 aromatic heterocycles. The number of carboxylic acid groups (broad SMARTS) is 1. The highest BCUT2D eigenvalue weighted by Crippen LogP contribution is 2.17. The van der Waals surface area contributed by atoms with Crippen LogP contribution in [0.1, 0.15) is 25.9 Å². The van der Waals surface area contributed by atoms with Crippen LogP contribution in [0.25, 0.3) is 6.08 Å². The van der Waals surface area contributed by atoms with Gasteiger partial charge in [0.05, 0.1) is 12.2 Å². The van der Waals surface area contributed by atoms with Gasteiger partial charge in [-0.15, -0.1) is 11.3 Å². The summed E-state index contributed by atoms with van der Waals surface area (Å²) in [6, 6.07) is 9.48. The van der Waals surface area contributed by atoms with E-state index in [1.54, 1.807) is 13.0 Å². The monoisotopic (exact) mass is 302 g/mol. The minimum absolute atomic E-state index is 0.207. The molecule has 1 aromatic carbocycles. The number of thiazole rings is 1. The second-order valence-corrected chi connectivity index (χ2v) is 5.37. The second kappa shape index (κ2) is 6.81. The molecule has 1 heterocycles. The Morgan fingerprint density at radius 3 is 2.67 bits per heavy atom. The van der Waals surface area contributed by atoms with Gasteiger partial charge in [0.25, 0.3) is 0 Å². The summed E-state index contributed by atoms with van der Waals surface area (Å²) in [6.45, 7) is 1.86. The third-order valence-corrected chi connectivity index (χ3v) is 3.82. The smallest absolute Gasteiger partial charge is 0.347 e. The largest absolute Gasteiger partial charge is 0.477 e. The molecule has 2 aromatic rings. The number of nitrogens with zero attached hydrogens (tertiary/aromatic N) is 1. The molecule has 0 aliphatic carbocycles. The number of aryl methyl sites for hydroxylation is 1. The van der Waals surface area contributed by atoms with Gasteiger partial charge in [-0.3, -0.25) is 4.79 Å². The van der Waals surface area contributed by atoms with Gasteiger partial charge in [0.2, 0.25) is 5.91 Å². The third kappa shape index (κ3) is 4.25. The molecule has 0 bridgehead atoms. The molecule has 21 heavy (non-hydrogen) atoms. The Labute approximate surface area is 126 Å². The van der Waals surface area contributed by atoms with Gasteiger partial charge in [0.15, 0.2) is 0 Å². The molecule has 0 atom stereocenters. The van der Waals surface area contributed by atoms with Gasteiger partial charge in [0.1, 0.15) is 9.88 Å². The molecule has 6 heteroatoms. The van der Waals surface area contributed by atoms with Crippen LogP contribution in [0.4, 0.5) is 0 Å². The average Bonchev–Trinajstić information content (AvgIpc) is 2.85. The quantitative estimate of drug-likeness (QED) is 0.832. The molecule has 0 aliphatic rings. The number of aromatic nitrogens is 1. The standard InChI is InChI=1S/C15H14N2O3S/c1-10-14(15(19)20)21-13(17-10)9-16-12(18)8-7-11-5-3-2-4-6-11/h2-8H,9H2,1H3,(H,16,18)(H,19,20). The van der Waals surface area contributed by atoms with Crippen molar-refractivity contribution in [1.82, 2.24) is 10.3 Å². The van der Waals surface area contributed by atoms with Crippen molar-refractivity contribution in [1.29, 1.82) is 0 Å². The Bertz CT molecular complexity index is 677. The number of benzene rings is 1. The lowest BCUT2D eigenvalue weighted by Gasteiger charge is -1.98. The highest BCUT2D eigenvalue weighted by atomic mass is 32.1. The van der Waals surface area contributed by atoms with Crippen molar-refractivity contribution in [3.05, 3.63) is 57.6 Å². The van der Waals surface area contributed by atoms with Crippen LogP contribution in [-0.4, -0.2) is 22.0 Å². The zero-order chi connectivity index (χ0) is 15.2. The normalized spacial score (nSPS) is 10.7. The molecule has 0 radical (unpaired) electrons. The van der Waals surface area contributed by atoms with E-state index in [1.165, 1.54) is 6.08 Å². The van der Waals surface area contributed by atoms with Crippen LogP contribution in [0.3, 0.4) is 0 Å². The number of carbonyl (C=O) groups is 2. The molecule has 5 nitrogen and oxygen atoms in total. The molecule has 0 saturated heterocycles. The molecule has 0 unspecified atom stereocenters. The first-order valence-electron chi connectivity index (χ1n) is 6.27. The average molecular weight is 302 g/mol. The van der Waals surface area contributed by atoms with E-state index >= 15 is 0 Å². The van der Waals surface area contributed by atoms with Gasteiger partial charge in [-0.2, -0.15) is 0 Å². The summed E-state index contributed by atoms with van der Waals surface area (Å²) < 4.78 is 0. The summed E-state index contributed by atoms with van der Waals surface area (Å²) in [7, 11) is 0. The molecule has 0 aliphatic heterocycles. The van der Waals surface area contributed by atoms with Crippen molar-refractivity contribution in [2.45, 2.75) is 13.5 Å².